The average Bonchev–Trinajstić information content (AvgIpc) is 2.40. The summed E-state index contributed by atoms with van der Waals surface area (Å²) in [5.74, 6) is 0. The average molecular weight is 355 g/mol. The number of benzene rings is 2. The summed E-state index contributed by atoms with van der Waals surface area (Å²) in [6.45, 7) is 0. The highest BCUT2D eigenvalue weighted by Gasteiger charge is 2.18. The molecule has 0 saturated heterocycles. The highest BCUT2D eigenvalue weighted by atomic mass is 79.9. The van der Waals surface area contributed by atoms with Crippen LogP contribution < -0.4 is 10.9 Å². The summed E-state index contributed by atoms with van der Waals surface area (Å²) < 4.78 is 23.5. The summed E-state index contributed by atoms with van der Waals surface area (Å²) in [6, 6.07) is 12.9. The minimum Gasteiger partial charge on any atom is -0.398 e. The minimum absolute atomic E-state index is 0.0933. The van der Waals surface area contributed by atoms with Crippen LogP contribution in [0.3, 0.4) is 0 Å². The Labute approximate surface area is 127 Å². The highest BCUT2D eigenvalue weighted by Crippen LogP contribution is 2.27. The molecular weight excluding hydrogens is 340 g/mol. The Kier molecular flexibility index (Phi) is 4.47. The molecule has 0 aliphatic carbocycles. The first-order valence-electron chi connectivity index (χ1n) is 5.96. The summed E-state index contributed by atoms with van der Waals surface area (Å²) in [5.41, 5.74) is 8.75. The van der Waals surface area contributed by atoms with Gasteiger partial charge in [0.25, 0.3) is 0 Å². The Morgan fingerprint density at radius 3 is 2.25 bits per heavy atom. The van der Waals surface area contributed by atoms with Crippen LogP contribution in [0.4, 0.5) is 5.69 Å². The van der Waals surface area contributed by atoms with E-state index >= 15 is 0 Å². The Balaban J connectivity index is 2.57. The van der Waals surface area contributed by atoms with Crippen molar-refractivity contribution in [2.24, 2.45) is 5.14 Å². The van der Waals surface area contributed by atoms with Gasteiger partial charge < -0.3 is 5.73 Å². The van der Waals surface area contributed by atoms with E-state index in [4.69, 9.17) is 10.9 Å². The molecule has 0 aromatic heterocycles. The first kappa shape index (κ1) is 15.0. The quantitative estimate of drug-likeness (QED) is 0.652. The molecule has 0 amide bonds. The van der Waals surface area contributed by atoms with Crippen LogP contribution in [0.1, 0.15) is 16.7 Å². The number of alkyl halides is 1. The maximum absolute atomic E-state index is 11.8. The monoisotopic (exact) mass is 354 g/mol. The zero-order valence-corrected chi connectivity index (χ0v) is 13.1. The van der Waals surface area contributed by atoms with Crippen molar-refractivity contribution in [1.82, 2.24) is 0 Å². The maximum Gasteiger partial charge on any atom is 0.238 e. The standard InChI is InChI=1S/C14H15BrN2O2S/c15-9-11-7-13(16)12(14(8-11)20(17,18)19)6-10-4-2-1-3-5-10/h1-5,7-8H,6,9,16H2,(H2,17,18,19). The van der Waals surface area contributed by atoms with E-state index in [9.17, 15) is 8.42 Å². The summed E-state index contributed by atoms with van der Waals surface area (Å²) in [5, 5.41) is 5.82. The first-order chi connectivity index (χ1) is 9.41. The number of anilines is 1. The number of primary sulfonamides is 1. The van der Waals surface area contributed by atoms with Gasteiger partial charge >= 0.3 is 0 Å². The molecule has 4 nitrogen and oxygen atoms in total. The van der Waals surface area contributed by atoms with E-state index in [1.165, 1.54) is 0 Å². The number of rotatable bonds is 4. The van der Waals surface area contributed by atoms with Gasteiger partial charge in [-0.1, -0.05) is 46.3 Å². The van der Waals surface area contributed by atoms with E-state index in [1.54, 1.807) is 12.1 Å². The minimum atomic E-state index is -3.81. The Morgan fingerprint density at radius 2 is 1.70 bits per heavy atom. The smallest absolute Gasteiger partial charge is 0.238 e. The van der Waals surface area contributed by atoms with E-state index in [-0.39, 0.29) is 4.90 Å². The van der Waals surface area contributed by atoms with E-state index in [0.717, 1.165) is 11.1 Å². The van der Waals surface area contributed by atoms with Gasteiger partial charge in [0.15, 0.2) is 0 Å². The van der Waals surface area contributed by atoms with Gasteiger partial charge in [0.2, 0.25) is 10.0 Å². The van der Waals surface area contributed by atoms with Crippen LogP contribution >= 0.6 is 15.9 Å². The molecule has 0 aliphatic heterocycles. The number of nitrogens with two attached hydrogens (primary N) is 2. The zero-order valence-electron chi connectivity index (χ0n) is 10.7. The van der Waals surface area contributed by atoms with Crippen molar-refractivity contribution in [1.29, 1.82) is 0 Å². The molecule has 106 valence electrons. The van der Waals surface area contributed by atoms with Crippen LogP contribution in [-0.2, 0) is 21.8 Å². The van der Waals surface area contributed by atoms with Crippen molar-refractivity contribution in [3.05, 3.63) is 59.2 Å². The molecule has 0 unspecified atom stereocenters. The van der Waals surface area contributed by atoms with Gasteiger partial charge in [-0.2, -0.15) is 0 Å². The number of nitrogen functional groups attached to an aromatic ring is 1. The van der Waals surface area contributed by atoms with Crippen molar-refractivity contribution in [3.63, 3.8) is 0 Å². The molecule has 0 spiro atoms. The van der Waals surface area contributed by atoms with E-state index in [0.29, 0.717) is 23.0 Å². The van der Waals surface area contributed by atoms with Crippen molar-refractivity contribution in [2.45, 2.75) is 16.6 Å². The first-order valence-corrected chi connectivity index (χ1v) is 8.62. The Hall–Kier alpha value is -1.37. The molecule has 0 bridgehead atoms. The molecule has 0 aliphatic rings. The molecule has 2 rings (SSSR count). The molecule has 0 fully saturated rings. The fraction of sp³-hybridized carbons (Fsp3) is 0.143. The van der Waals surface area contributed by atoms with Crippen LogP contribution in [0.15, 0.2) is 47.4 Å². The number of sulfonamides is 1. The third-order valence-electron chi connectivity index (χ3n) is 2.99. The number of hydrogen-bond donors (Lipinski definition) is 2. The molecule has 0 atom stereocenters. The fourth-order valence-corrected chi connectivity index (χ4v) is 3.22. The van der Waals surface area contributed by atoms with E-state index in [2.05, 4.69) is 15.9 Å². The highest BCUT2D eigenvalue weighted by molar-refractivity contribution is 9.08. The molecule has 2 aromatic rings. The predicted molar refractivity (Wildman–Crippen MR) is 84.1 cm³/mol. The molecule has 2 aromatic carbocycles. The van der Waals surface area contributed by atoms with Crippen LogP contribution in [-0.4, -0.2) is 8.42 Å². The van der Waals surface area contributed by atoms with Gasteiger partial charge in [-0.25, -0.2) is 13.6 Å². The van der Waals surface area contributed by atoms with Gasteiger partial charge in [-0.15, -0.1) is 0 Å². The lowest BCUT2D eigenvalue weighted by Gasteiger charge is -2.13. The third-order valence-corrected chi connectivity index (χ3v) is 4.61. The summed E-state index contributed by atoms with van der Waals surface area (Å²) >= 11 is 3.29. The largest absolute Gasteiger partial charge is 0.398 e. The van der Waals surface area contributed by atoms with Crippen molar-refractivity contribution in [2.75, 3.05) is 5.73 Å². The van der Waals surface area contributed by atoms with E-state index in [1.807, 2.05) is 30.3 Å². The Morgan fingerprint density at radius 1 is 1.05 bits per heavy atom. The van der Waals surface area contributed by atoms with Gasteiger partial charge in [-0.3, -0.25) is 0 Å². The normalized spacial score (nSPS) is 11.5. The summed E-state index contributed by atoms with van der Waals surface area (Å²) in [7, 11) is -3.81. The molecular formula is C14H15BrN2O2S. The number of hydrogen-bond acceptors (Lipinski definition) is 3. The van der Waals surface area contributed by atoms with Crippen molar-refractivity contribution >= 4 is 31.6 Å². The van der Waals surface area contributed by atoms with Crippen LogP contribution in [0.25, 0.3) is 0 Å². The van der Waals surface area contributed by atoms with Gasteiger partial charge in [0, 0.05) is 17.4 Å². The number of halogens is 1. The fourth-order valence-electron chi connectivity index (χ4n) is 2.05. The lowest BCUT2D eigenvalue weighted by atomic mass is 10.0. The molecule has 0 heterocycles. The maximum atomic E-state index is 11.8. The molecule has 20 heavy (non-hydrogen) atoms. The summed E-state index contributed by atoms with van der Waals surface area (Å²) in [6.07, 6.45) is 0.432. The van der Waals surface area contributed by atoms with Gasteiger partial charge in [0.05, 0.1) is 4.90 Å². The van der Waals surface area contributed by atoms with Crippen molar-refractivity contribution in [3.8, 4) is 0 Å². The van der Waals surface area contributed by atoms with Gasteiger partial charge in [0.1, 0.15) is 0 Å². The lowest BCUT2D eigenvalue weighted by molar-refractivity contribution is 0.597. The molecule has 0 saturated carbocycles. The van der Waals surface area contributed by atoms with Crippen molar-refractivity contribution < 1.29 is 8.42 Å². The van der Waals surface area contributed by atoms with Crippen LogP contribution in [0.2, 0.25) is 0 Å². The third kappa shape index (κ3) is 3.39. The molecule has 4 N–H and O–H groups in total. The molecule has 6 heteroatoms. The predicted octanol–water partition coefficient (Wildman–Crippen LogP) is 2.40. The van der Waals surface area contributed by atoms with Crippen LogP contribution in [0, 0.1) is 0 Å². The van der Waals surface area contributed by atoms with Crippen LogP contribution in [0.5, 0.6) is 0 Å². The lowest BCUT2D eigenvalue weighted by Crippen LogP contribution is -2.16. The van der Waals surface area contributed by atoms with Gasteiger partial charge in [-0.05, 0) is 28.8 Å². The molecule has 0 radical (unpaired) electrons. The second-order valence-corrected chi connectivity index (χ2v) is 6.59. The topological polar surface area (TPSA) is 86.2 Å². The zero-order chi connectivity index (χ0) is 14.8. The summed E-state index contributed by atoms with van der Waals surface area (Å²) in [4.78, 5) is 0.0933. The Bertz CT molecular complexity index is 715. The second-order valence-electron chi connectivity index (χ2n) is 4.50. The second kappa shape index (κ2) is 5.95. The SMILES string of the molecule is Nc1cc(CBr)cc(S(N)(=O)=O)c1Cc1ccccc1. The van der Waals surface area contributed by atoms with E-state index < -0.39 is 10.0 Å².